The number of methoxy groups -OCH3 is 1. The molecule has 0 saturated heterocycles. The second-order valence-electron chi connectivity index (χ2n) is 8.26. The van der Waals surface area contributed by atoms with Crippen LogP contribution in [0.1, 0.15) is 57.4 Å². The Kier molecular flexibility index (Phi) is 7.95. The van der Waals surface area contributed by atoms with Crippen LogP contribution in [0.15, 0.2) is 23.3 Å². The predicted molar refractivity (Wildman–Crippen MR) is 113 cm³/mol. The molecule has 6 nitrogen and oxygen atoms in total. The van der Waals surface area contributed by atoms with E-state index in [0.717, 1.165) is 50.2 Å². The summed E-state index contributed by atoms with van der Waals surface area (Å²) < 4.78 is 11.0. The van der Waals surface area contributed by atoms with Crippen molar-refractivity contribution in [2.45, 2.75) is 58.4 Å². The van der Waals surface area contributed by atoms with Gasteiger partial charge < -0.3 is 20.1 Å². The van der Waals surface area contributed by atoms with E-state index in [4.69, 9.17) is 14.5 Å². The first-order chi connectivity index (χ1) is 13.7. The van der Waals surface area contributed by atoms with Crippen molar-refractivity contribution >= 4 is 5.96 Å². The Bertz CT molecular complexity index is 607. The minimum absolute atomic E-state index is 0.342. The Balaban J connectivity index is 1.51. The zero-order valence-corrected chi connectivity index (χ0v) is 17.5. The Morgan fingerprint density at radius 1 is 1.25 bits per heavy atom. The number of guanidine groups is 1. The summed E-state index contributed by atoms with van der Waals surface area (Å²) in [4.78, 5) is 9.16. The lowest BCUT2D eigenvalue weighted by Gasteiger charge is -2.30. The van der Waals surface area contributed by atoms with Gasteiger partial charge in [-0.25, -0.2) is 9.98 Å². The van der Waals surface area contributed by atoms with E-state index in [1.165, 1.54) is 38.5 Å². The predicted octanol–water partition coefficient (Wildman–Crippen LogP) is 3.52. The van der Waals surface area contributed by atoms with Gasteiger partial charge in [0.05, 0.1) is 13.2 Å². The lowest BCUT2D eigenvalue weighted by atomic mass is 9.83. The van der Waals surface area contributed by atoms with E-state index in [9.17, 15) is 0 Å². The quantitative estimate of drug-likeness (QED) is 0.448. The Hall–Kier alpha value is -1.82. The van der Waals surface area contributed by atoms with E-state index in [1.54, 1.807) is 7.11 Å². The number of rotatable bonds is 11. The van der Waals surface area contributed by atoms with Crippen molar-refractivity contribution in [2.75, 3.05) is 33.4 Å². The Labute approximate surface area is 169 Å². The van der Waals surface area contributed by atoms with Gasteiger partial charge >= 0.3 is 0 Å². The zero-order chi connectivity index (χ0) is 19.7. The largest absolute Gasteiger partial charge is 0.477 e. The molecule has 0 aliphatic heterocycles. The molecular formula is C22H36N4O2. The van der Waals surface area contributed by atoms with Crippen molar-refractivity contribution in [3.05, 3.63) is 23.9 Å². The normalized spacial score (nSPS) is 18.9. The van der Waals surface area contributed by atoms with Gasteiger partial charge in [0.1, 0.15) is 0 Å². The second-order valence-corrected chi connectivity index (χ2v) is 8.26. The van der Waals surface area contributed by atoms with Crippen LogP contribution in [0.5, 0.6) is 5.88 Å². The molecule has 2 fully saturated rings. The molecule has 0 radical (unpaired) electrons. The van der Waals surface area contributed by atoms with E-state index in [-0.39, 0.29) is 0 Å². The number of aliphatic imine (C=N–C) groups is 1. The van der Waals surface area contributed by atoms with Gasteiger partial charge in [-0.1, -0.05) is 18.9 Å². The third kappa shape index (κ3) is 6.66. The number of pyridine rings is 1. The molecule has 0 amide bonds. The molecule has 156 valence electrons. The maximum absolute atomic E-state index is 5.71. The van der Waals surface area contributed by atoms with Gasteiger partial charge in [-0.3, -0.25) is 0 Å². The smallest absolute Gasteiger partial charge is 0.213 e. The van der Waals surface area contributed by atoms with Crippen LogP contribution in [0.3, 0.4) is 0 Å². The summed E-state index contributed by atoms with van der Waals surface area (Å²) in [7, 11) is 1.79. The molecule has 3 rings (SSSR count). The first-order valence-electron chi connectivity index (χ1n) is 10.8. The van der Waals surface area contributed by atoms with Crippen LogP contribution in [0.4, 0.5) is 0 Å². The number of hydrogen-bond donors (Lipinski definition) is 2. The molecule has 1 heterocycles. The van der Waals surface area contributed by atoms with Crippen LogP contribution in [0.2, 0.25) is 0 Å². The molecule has 0 unspecified atom stereocenters. The standard InChI is InChI=1S/C22H36N4O2/c1-3-23-21(26-17-22(12-13-27-2)10-4-5-11-22)25-15-19-8-9-20(24-14-19)28-16-18-6-7-18/h8-9,14,18H,3-7,10-13,15-17H2,1-2H3,(H2,23,25,26). The van der Waals surface area contributed by atoms with E-state index < -0.39 is 0 Å². The summed E-state index contributed by atoms with van der Waals surface area (Å²) in [5.74, 6) is 2.33. The third-order valence-corrected chi connectivity index (χ3v) is 5.86. The molecule has 28 heavy (non-hydrogen) atoms. The van der Waals surface area contributed by atoms with Gasteiger partial charge in [0.2, 0.25) is 5.88 Å². The van der Waals surface area contributed by atoms with Crippen LogP contribution >= 0.6 is 0 Å². The summed E-state index contributed by atoms with van der Waals surface area (Å²) in [6.07, 6.45) is 10.7. The highest BCUT2D eigenvalue weighted by Gasteiger charge is 2.33. The van der Waals surface area contributed by atoms with Gasteiger partial charge in [0.25, 0.3) is 0 Å². The first kappa shape index (κ1) is 20.9. The molecule has 1 aromatic heterocycles. The number of aromatic nitrogens is 1. The summed E-state index contributed by atoms with van der Waals surface area (Å²) in [5.41, 5.74) is 1.43. The molecular weight excluding hydrogens is 352 g/mol. The van der Waals surface area contributed by atoms with Crippen molar-refractivity contribution in [3.63, 3.8) is 0 Å². The number of ether oxygens (including phenoxy) is 2. The minimum atomic E-state index is 0.342. The van der Waals surface area contributed by atoms with Crippen molar-refractivity contribution in [2.24, 2.45) is 16.3 Å². The average Bonchev–Trinajstić information content (AvgIpc) is 3.44. The average molecular weight is 389 g/mol. The molecule has 2 aliphatic rings. The summed E-state index contributed by atoms with van der Waals surface area (Å²) >= 11 is 0. The molecule has 0 spiro atoms. The van der Waals surface area contributed by atoms with Gasteiger partial charge in [0.15, 0.2) is 5.96 Å². The molecule has 2 N–H and O–H groups in total. The maximum Gasteiger partial charge on any atom is 0.213 e. The molecule has 0 aromatic carbocycles. The van der Waals surface area contributed by atoms with Crippen molar-refractivity contribution in [1.29, 1.82) is 0 Å². The highest BCUT2D eigenvalue weighted by molar-refractivity contribution is 5.79. The van der Waals surface area contributed by atoms with E-state index >= 15 is 0 Å². The Morgan fingerprint density at radius 3 is 2.71 bits per heavy atom. The highest BCUT2D eigenvalue weighted by Crippen LogP contribution is 2.40. The fourth-order valence-electron chi connectivity index (χ4n) is 3.82. The van der Waals surface area contributed by atoms with Gasteiger partial charge in [-0.2, -0.15) is 0 Å². The zero-order valence-electron chi connectivity index (χ0n) is 17.5. The molecule has 0 bridgehead atoms. The molecule has 6 heteroatoms. The summed E-state index contributed by atoms with van der Waals surface area (Å²) in [6, 6.07) is 4.01. The minimum Gasteiger partial charge on any atom is -0.477 e. The van der Waals surface area contributed by atoms with Gasteiger partial charge in [-0.05, 0) is 55.9 Å². The number of hydrogen-bond acceptors (Lipinski definition) is 4. The van der Waals surface area contributed by atoms with Gasteiger partial charge in [-0.15, -0.1) is 0 Å². The molecule has 2 aliphatic carbocycles. The number of nitrogens with zero attached hydrogens (tertiary/aromatic N) is 2. The van der Waals surface area contributed by atoms with Crippen LogP contribution in [-0.4, -0.2) is 44.4 Å². The van der Waals surface area contributed by atoms with Crippen LogP contribution in [-0.2, 0) is 11.3 Å². The highest BCUT2D eigenvalue weighted by atomic mass is 16.5. The second kappa shape index (κ2) is 10.6. The SMILES string of the molecule is CCNC(=NCc1ccc(OCC2CC2)nc1)NCC1(CCOC)CCCC1. The van der Waals surface area contributed by atoms with Crippen LogP contribution in [0, 0.1) is 11.3 Å². The van der Waals surface area contributed by atoms with Crippen LogP contribution in [0.25, 0.3) is 0 Å². The van der Waals surface area contributed by atoms with E-state index in [1.807, 2.05) is 12.3 Å². The van der Waals surface area contributed by atoms with Crippen molar-refractivity contribution in [3.8, 4) is 5.88 Å². The van der Waals surface area contributed by atoms with Crippen LogP contribution < -0.4 is 15.4 Å². The lowest BCUT2D eigenvalue weighted by molar-refractivity contribution is 0.138. The molecule has 2 saturated carbocycles. The first-order valence-corrected chi connectivity index (χ1v) is 10.8. The van der Waals surface area contributed by atoms with Crippen molar-refractivity contribution in [1.82, 2.24) is 15.6 Å². The van der Waals surface area contributed by atoms with Crippen molar-refractivity contribution < 1.29 is 9.47 Å². The topological polar surface area (TPSA) is 67.8 Å². The third-order valence-electron chi connectivity index (χ3n) is 5.86. The Morgan fingerprint density at radius 2 is 2.07 bits per heavy atom. The lowest BCUT2D eigenvalue weighted by Crippen LogP contribution is -2.43. The van der Waals surface area contributed by atoms with Gasteiger partial charge in [0, 0.05) is 39.1 Å². The fraction of sp³-hybridized carbons (Fsp3) is 0.727. The number of nitrogens with one attached hydrogen (secondary N) is 2. The molecule has 0 atom stereocenters. The fourth-order valence-corrected chi connectivity index (χ4v) is 3.82. The monoisotopic (exact) mass is 388 g/mol. The van der Waals surface area contributed by atoms with E-state index in [0.29, 0.717) is 17.8 Å². The summed E-state index contributed by atoms with van der Waals surface area (Å²) in [5, 5.41) is 6.94. The molecule has 1 aromatic rings. The maximum atomic E-state index is 5.71. The summed E-state index contributed by atoms with van der Waals surface area (Å²) in [6.45, 7) is 6.13. The van der Waals surface area contributed by atoms with E-state index in [2.05, 4.69) is 28.6 Å².